The number of hydrogen-bond donors (Lipinski definition) is 0. The van der Waals surface area contributed by atoms with Crippen LogP contribution in [0.2, 0.25) is 0 Å². The van der Waals surface area contributed by atoms with Crippen molar-refractivity contribution in [1.82, 2.24) is 0 Å². The SMILES string of the molecule is C=C(C)[C@@H]1CCCO[C@H]1C1CCCCC1. The van der Waals surface area contributed by atoms with Crippen molar-refractivity contribution in [3.63, 3.8) is 0 Å². The highest BCUT2D eigenvalue weighted by atomic mass is 16.5. The molecule has 2 fully saturated rings. The smallest absolute Gasteiger partial charge is 0.0668 e. The van der Waals surface area contributed by atoms with Gasteiger partial charge in [-0.05, 0) is 38.5 Å². The summed E-state index contributed by atoms with van der Waals surface area (Å²) in [5.74, 6) is 1.46. The third kappa shape index (κ3) is 2.63. The molecule has 1 saturated heterocycles. The van der Waals surface area contributed by atoms with Crippen LogP contribution in [0, 0.1) is 11.8 Å². The first-order chi connectivity index (χ1) is 7.29. The van der Waals surface area contributed by atoms with Crippen LogP contribution in [0.4, 0.5) is 0 Å². The van der Waals surface area contributed by atoms with Crippen molar-refractivity contribution in [3.8, 4) is 0 Å². The predicted molar refractivity (Wildman–Crippen MR) is 63.9 cm³/mol. The van der Waals surface area contributed by atoms with E-state index in [2.05, 4.69) is 13.5 Å². The Kier molecular flexibility index (Phi) is 3.85. The van der Waals surface area contributed by atoms with Crippen LogP contribution in [0.15, 0.2) is 12.2 Å². The van der Waals surface area contributed by atoms with E-state index < -0.39 is 0 Å². The Morgan fingerprint density at radius 1 is 1.07 bits per heavy atom. The van der Waals surface area contributed by atoms with Gasteiger partial charge in [0.25, 0.3) is 0 Å². The third-order valence-electron chi connectivity index (χ3n) is 4.11. The van der Waals surface area contributed by atoms with Crippen molar-refractivity contribution in [2.24, 2.45) is 11.8 Å². The minimum absolute atomic E-state index is 0.497. The van der Waals surface area contributed by atoms with Crippen LogP contribution in [0.25, 0.3) is 0 Å². The molecule has 0 N–H and O–H groups in total. The molecular formula is C14H24O. The summed E-state index contributed by atoms with van der Waals surface area (Å²) in [6.45, 7) is 7.30. The molecule has 0 aromatic rings. The fraction of sp³-hybridized carbons (Fsp3) is 0.857. The second kappa shape index (κ2) is 5.16. The van der Waals surface area contributed by atoms with Crippen LogP contribution >= 0.6 is 0 Å². The Morgan fingerprint density at radius 3 is 2.47 bits per heavy atom. The average molecular weight is 208 g/mol. The van der Waals surface area contributed by atoms with Crippen molar-refractivity contribution in [2.45, 2.75) is 58.0 Å². The van der Waals surface area contributed by atoms with E-state index in [1.54, 1.807) is 0 Å². The van der Waals surface area contributed by atoms with E-state index in [0.717, 1.165) is 12.5 Å². The van der Waals surface area contributed by atoms with Crippen LogP contribution in [0.5, 0.6) is 0 Å². The maximum atomic E-state index is 6.03. The molecule has 0 bridgehead atoms. The zero-order valence-electron chi connectivity index (χ0n) is 10.0. The van der Waals surface area contributed by atoms with E-state index in [-0.39, 0.29) is 0 Å². The molecule has 1 nitrogen and oxygen atoms in total. The van der Waals surface area contributed by atoms with E-state index in [9.17, 15) is 0 Å². The predicted octanol–water partition coefficient (Wildman–Crippen LogP) is 3.94. The van der Waals surface area contributed by atoms with Gasteiger partial charge in [0.1, 0.15) is 0 Å². The Labute approximate surface area is 93.9 Å². The van der Waals surface area contributed by atoms with E-state index in [1.807, 2.05) is 0 Å². The molecule has 0 spiro atoms. The molecule has 2 rings (SSSR count). The standard InChI is InChI=1S/C14H24O/c1-11(2)13-9-6-10-15-14(13)12-7-4-3-5-8-12/h12-14H,1,3-10H2,2H3/t13-,14-/m0/s1. The topological polar surface area (TPSA) is 9.23 Å². The lowest BCUT2D eigenvalue weighted by Gasteiger charge is -2.39. The van der Waals surface area contributed by atoms with E-state index in [0.29, 0.717) is 12.0 Å². The van der Waals surface area contributed by atoms with Gasteiger partial charge in [-0.1, -0.05) is 31.4 Å². The third-order valence-corrected chi connectivity index (χ3v) is 4.11. The van der Waals surface area contributed by atoms with Gasteiger partial charge in [0, 0.05) is 12.5 Å². The summed E-state index contributed by atoms with van der Waals surface area (Å²) < 4.78 is 6.03. The zero-order valence-corrected chi connectivity index (χ0v) is 10.0. The van der Waals surface area contributed by atoms with Crippen molar-refractivity contribution < 1.29 is 4.74 Å². The van der Waals surface area contributed by atoms with E-state index in [4.69, 9.17) is 4.74 Å². The fourth-order valence-corrected chi connectivity index (χ4v) is 3.26. The molecule has 86 valence electrons. The maximum absolute atomic E-state index is 6.03. The fourth-order valence-electron chi connectivity index (χ4n) is 3.26. The van der Waals surface area contributed by atoms with Crippen LogP contribution in [0.3, 0.4) is 0 Å². The van der Waals surface area contributed by atoms with Gasteiger partial charge in [0.15, 0.2) is 0 Å². The minimum atomic E-state index is 0.497. The van der Waals surface area contributed by atoms with Gasteiger partial charge in [-0.3, -0.25) is 0 Å². The molecule has 15 heavy (non-hydrogen) atoms. The Balaban J connectivity index is 1.99. The summed E-state index contributed by atoms with van der Waals surface area (Å²) >= 11 is 0. The van der Waals surface area contributed by atoms with Crippen molar-refractivity contribution in [2.75, 3.05) is 6.61 Å². The molecule has 2 aliphatic rings. The number of ether oxygens (including phenoxy) is 1. The minimum Gasteiger partial charge on any atom is -0.377 e. The molecule has 0 aromatic heterocycles. The first-order valence-electron chi connectivity index (χ1n) is 6.56. The molecule has 0 aromatic carbocycles. The first-order valence-corrected chi connectivity index (χ1v) is 6.56. The molecule has 0 radical (unpaired) electrons. The van der Waals surface area contributed by atoms with Gasteiger partial charge in [-0.2, -0.15) is 0 Å². The zero-order chi connectivity index (χ0) is 10.7. The molecule has 0 unspecified atom stereocenters. The molecule has 0 amide bonds. The molecule has 1 aliphatic heterocycles. The number of hydrogen-bond acceptors (Lipinski definition) is 1. The molecule has 1 heterocycles. The molecule has 1 heteroatoms. The van der Waals surface area contributed by atoms with Gasteiger partial charge in [-0.25, -0.2) is 0 Å². The summed E-state index contributed by atoms with van der Waals surface area (Å²) in [6, 6.07) is 0. The summed E-state index contributed by atoms with van der Waals surface area (Å²) in [5, 5.41) is 0. The van der Waals surface area contributed by atoms with Crippen LogP contribution in [-0.4, -0.2) is 12.7 Å². The normalized spacial score (nSPS) is 33.9. The number of rotatable bonds is 2. The maximum Gasteiger partial charge on any atom is 0.0668 e. The lowest BCUT2D eigenvalue weighted by atomic mass is 9.76. The summed E-state index contributed by atoms with van der Waals surface area (Å²) in [7, 11) is 0. The van der Waals surface area contributed by atoms with Gasteiger partial charge < -0.3 is 4.74 Å². The van der Waals surface area contributed by atoms with Crippen molar-refractivity contribution in [1.29, 1.82) is 0 Å². The van der Waals surface area contributed by atoms with Crippen LogP contribution < -0.4 is 0 Å². The van der Waals surface area contributed by atoms with Gasteiger partial charge in [-0.15, -0.1) is 0 Å². The van der Waals surface area contributed by atoms with Crippen LogP contribution in [-0.2, 0) is 4.74 Å². The highest BCUT2D eigenvalue weighted by molar-refractivity contribution is 5.02. The van der Waals surface area contributed by atoms with Crippen molar-refractivity contribution >= 4 is 0 Å². The van der Waals surface area contributed by atoms with E-state index in [1.165, 1.54) is 50.5 Å². The Bertz CT molecular complexity index is 215. The largest absolute Gasteiger partial charge is 0.377 e. The monoisotopic (exact) mass is 208 g/mol. The molecular weight excluding hydrogens is 184 g/mol. The van der Waals surface area contributed by atoms with Crippen LogP contribution in [0.1, 0.15) is 51.9 Å². The summed E-state index contributed by atoms with van der Waals surface area (Å²) in [4.78, 5) is 0. The quantitative estimate of drug-likeness (QED) is 0.625. The summed E-state index contributed by atoms with van der Waals surface area (Å²) in [6.07, 6.45) is 10.0. The summed E-state index contributed by atoms with van der Waals surface area (Å²) in [5.41, 5.74) is 1.34. The molecule has 1 aliphatic carbocycles. The lowest BCUT2D eigenvalue weighted by molar-refractivity contribution is -0.0578. The first kappa shape index (κ1) is 11.2. The second-order valence-corrected chi connectivity index (χ2v) is 5.33. The van der Waals surface area contributed by atoms with Gasteiger partial charge in [0.05, 0.1) is 6.10 Å². The molecule has 2 atom stereocenters. The lowest BCUT2D eigenvalue weighted by Crippen LogP contribution is -2.37. The average Bonchev–Trinajstić information content (AvgIpc) is 2.30. The van der Waals surface area contributed by atoms with Crippen molar-refractivity contribution in [3.05, 3.63) is 12.2 Å². The Hall–Kier alpha value is -0.300. The second-order valence-electron chi connectivity index (χ2n) is 5.33. The van der Waals surface area contributed by atoms with Gasteiger partial charge >= 0.3 is 0 Å². The highest BCUT2D eigenvalue weighted by Gasteiger charge is 2.33. The van der Waals surface area contributed by atoms with Gasteiger partial charge in [0.2, 0.25) is 0 Å². The highest BCUT2D eigenvalue weighted by Crippen LogP contribution is 2.37. The Morgan fingerprint density at radius 2 is 1.80 bits per heavy atom. The molecule has 1 saturated carbocycles. The van der Waals surface area contributed by atoms with E-state index >= 15 is 0 Å².